The molecule has 0 aliphatic heterocycles. The van der Waals surface area contributed by atoms with Crippen LogP contribution in [0.4, 0.5) is 17.1 Å². The summed E-state index contributed by atoms with van der Waals surface area (Å²) >= 11 is 0. The summed E-state index contributed by atoms with van der Waals surface area (Å²) in [6.45, 7) is 0. The van der Waals surface area contributed by atoms with Gasteiger partial charge in [0.25, 0.3) is 0 Å². The lowest BCUT2D eigenvalue weighted by molar-refractivity contribution is 0.768. The van der Waals surface area contributed by atoms with Gasteiger partial charge in [0.05, 0.1) is 22.2 Å². The van der Waals surface area contributed by atoms with Crippen molar-refractivity contribution >= 4 is 49.4 Å². The molecule has 12 aromatic carbocycles. The van der Waals surface area contributed by atoms with E-state index in [1.54, 1.807) is 0 Å². The van der Waals surface area contributed by atoms with Gasteiger partial charge in [-0.25, -0.2) is 0 Å². The van der Waals surface area contributed by atoms with Crippen molar-refractivity contribution in [3.63, 3.8) is 0 Å². The minimum atomic E-state index is -0.557. The van der Waals surface area contributed by atoms with Gasteiger partial charge >= 0.3 is 0 Å². The number of anilines is 3. The molecule has 0 amide bonds. The van der Waals surface area contributed by atoms with E-state index in [9.17, 15) is 0 Å². The summed E-state index contributed by atoms with van der Waals surface area (Å²) in [4.78, 5) is 2.62. The fourth-order valence-electron chi connectivity index (χ4n) is 13.4. The Hall–Kier alpha value is -8.78. The monoisotopic (exact) mass is 873 g/mol. The third-order valence-electron chi connectivity index (χ3n) is 15.9. The second kappa shape index (κ2) is 14.4. The minimum Gasteiger partial charge on any atom is -0.309 e. The minimum absolute atomic E-state index is 0.497. The van der Waals surface area contributed by atoms with Crippen molar-refractivity contribution < 1.29 is 0 Å². The van der Waals surface area contributed by atoms with Crippen molar-refractivity contribution in [1.29, 1.82) is 0 Å². The zero-order valence-electron chi connectivity index (χ0n) is 37.8. The fourth-order valence-corrected chi connectivity index (χ4v) is 13.4. The van der Waals surface area contributed by atoms with Crippen LogP contribution in [0.5, 0.6) is 0 Å². The maximum Gasteiger partial charge on any atom is 0.0726 e. The normalized spacial score (nSPS) is 14.0. The van der Waals surface area contributed by atoms with Gasteiger partial charge < -0.3 is 4.90 Å². The predicted octanol–water partition coefficient (Wildman–Crippen LogP) is 17.3. The Morgan fingerprint density at radius 3 is 1.20 bits per heavy atom. The molecule has 0 unspecified atom stereocenters. The summed E-state index contributed by atoms with van der Waals surface area (Å²) in [5.74, 6) is 0. The van der Waals surface area contributed by atoms with E-state index in [-0.39, 0.29) is 0 Å². The number of benzene rings is 12. The largest absolute Gasteiger partial charge is 0.309 e. The van der Waals surface area contributed by atoms with Crippen molar-refractivity contribution in [2.75, 3.05) is 4.90 Å². The van der Waals surface area contributed by atoms with E-state index in [1.807, 2.05) is 0 Å². The van der Waals surface area contributed by atoms with Crippen LogP contribution >= 0.6 is 0 Å². The molecule has 3 aliphatic carbocycles. The van der Waals surface area contributed by atoms with Crippen LogP contribution in [-0.2, 0) is 10.8 Å². The number of rotatable bonds is 5. The van der Waals surface area contributed by atoms with Gasteiger partial charge in [-0.3, -0.25) is 0 Å². The maximum absolute atomic E-state index is 2.62. The highest BCUT2D eigenvalue weighted by atomic mass is 15.1. The van der Waals surface area contributed by atoms with Crippen molar-refractivity contribution in [3.05, 3.63) is 305 Å². The molecular weight excluding hydrogens is 831 g/mol. The summed E-state index contributed by atoms with van der Waals surface area (Å²) in [7, 11) is 0. The van der Waals surface area contributed by atoms with Crippen LogP contribution in [0.2, 0.25) is 0 Å². The van der Waals surface area contributed by atoms with Gasteiger partial charge in [-0.05, 0) is 124 Å². The van der Waals surface area contributed by atoms with E-state index in [4.69, 9.17) is 0 Å². The SMILES string of the molecule is c1ccc(C2(c3ccccc3)c3ccccc3-c3c(N(c4ccc5c(c4)C4(c6ccccc6-c6ccccc64)c4ccccc4-5)c4cccc5c6ccccc6c6ccccc6c45)cccc32)cc1. The van der Waals surface area contributed by atoms with Gasteiger partial charge in [-0.2, -0.15) is 0 Å². The van der Waals surface area contributed by atoms with E-state index in [0.717, 1.165) is 17.1 Å². The first-order valence-corrected chi connectivity index (χ1v) is 24.2. The molecule has 69 heavy (non-hydrogen) atoms. The average molecular weight is 874 g/mol. The van der Waals surface area contributed by atoms with E-state index < -0.39 is 10.8 Å². The fraction of sp³-hybridized carbons (Fsp3) is 0.0294. The smallest absolute Gasteiger partial charge is 0.0726 e. The van der Waals surface area contributed by atoms with E-state index in [0.29, 0.717) is 0 Å². The Labute approximate surface area is 401 Å². The zero-order valence-corrected chi connectivity index (χ0v) is 37.8. The predicted molar refractivity (Wildman–Crippen MR) is 287 cm³/mol. The van der Waals surface area contributed by atoms with Crippen LogP contribution in [0.3, 0.4) is 0 Å². The Bertz CT molecular complexity index is 3940. The summed E-state index contributed by atoms with van der Waals surface area (Å²) in [6, 6.07) is 98.2. The molecule has 0 saturated heterocycles. The molecule has 320 valence electrons. The highest BCUT2D eigenvalue weighted by molar-refractivity contribution is 6.29. The average Bonchev–Trinajstić information content (AvgIpc) is 4.02. The highest BCUT2D eigenvalue weighted by Crippen LogP contribution is 2.65. The van der Waals surface area contributed by atoms with Gasteiger partial charge in [-0.15, -0.1) is 0 Å². The lowest BCUT2D eigenvalue weighted by atomic mass is 9.68. The molecule has 0 bridgehead atoms. The Kier molecular flexibility index (Phi) is 7.98. The van der Waals surface area contributed by atoms with Crippen LogP contribution in [0, 0.1) is 0 Å². The van der Waals surface area contributed by atoms with Gasteiger partial charge in [-0.1, -0.05) is 237 Å². The second-order valence-corrected chi connectivity index (χ2v) is 19.0. The number of hydrogen-bond donors (Lipinski definition) is 0. The molecule has 0 N–H and O–H groups in total. The third-order valence-corrected chi connectivity index (χ3v) is 15.9. The molecule has 1 spiro atoms. The van der Waals surface area contributed by atoms with Crippen LogP contribution in [0.25, 0.3) is 65.7 Å². The van der Waals surface area contributed by atoms with Crippen LogP contribution in [-0.4, -0.2) is 0 Å². The van der Waals surface area contributed by atoms with Gasteiger partial charge in [0.1, 0.15) is 0 Å². The molecule has 1 heteroatoms. The summed E-state index contributed by atoms with van der Waals surface area (Å²) in [5, 5.41) is 7.50. The molecule has 3 aliphatic rings. The standard InChI is InChI=1S/C68H43N/c1-3-21-44(22-4-1)67(45-23-5-2-6-24-45)60-37-18-14-32-56(60)66-61(67)38-20-40-64(66)69(63-39-19-33-55-49-26-8-7-25-47(49)48-27-9-10-31-54(48)65(55)63)46-41-42-53-52-30-13-17-36-59(52)68(62(53)43-46)57-34-15-11-28-50(57)51-29-12-16-35-58(51)68/h1-43H. The topological polar surface area (TPSA) is 3.24 Å². The molecule has 1 nitrogen and oxygen atoms in total. The molecule has 12 aromatic rings. The van der Waals surface area contributed by atoms with Crippen molar-refractivity contribution in [2.45, 2.75) is 10.8 Å². The van der Waals surface area contributed by atoms with Crippen molar-refractivity contribution in [1.82, 2.24) is 0 Å². The quantitative estimate of drug-likeness (QED) is 0.156. The lowest BCUT2D eigenvalue weighted by Gasteiger charge is -2.35. The molecule has 0 fully saturated rings. The summed E-state index contributed by atoms with van der Waals surface area (Å²) in [6.07, 6.45) is 0. The molecule has 0 saturated carbocycles. The van der Waals surface area contributed by atoms with Crippen molar-refractivity contribution in [3.8, 4) is 33.4 Å². The summed E-state index contributed by atoms with van der Waals surface area (Å²) < 4.78 is 0. The lowest BCUT2D eigenvalue weighted by Crippen LogP contribution is -2.28. The first-order valence-electron chi connectivity index (χ1n) is 24.2. The molecule has 0 heterocycles. The highest BCUT2D eigenvalue weighted by Gasteiger charge is 2.52. The first-order chi connectivity index (χ1) is 34.3. The third kappa shape index (κ3) is 4.93. The molecule has 0 aromatic heterocycles. The van der Waals surface area contributed by atoms with E-state index in [1.165, 1.54) is 110 Å². The van der Waals surface area contributed by atoms with Gasteiger partial charge in [0.2, 0.25) is 0 Å². The van der Waals surface area contributed by atoms with E-state index >= 15 is 0 Å². The van der Waals surface area contributed by atoms with Crippen LogP contribution < -0.4 is 4.90 Å². The maximum atomic E-state index is 2.62. The zero-order chi connectivity index (χ0) is 45.3. The second-order valence-electron chi connectivity index (χ2n) is 19.0. The molecular formula is C68H43N. The summed E-state index contributed by atoms with van der Waals surface area (Å²) in [5.41, 5.74) is 20.5. The Morgan fingerprint density at radius 2 is 0.638 bits per heavy atom. The van der Waals surface area contributed by atoms with Crippen LogP contribution in [0.1, 0.15) is 44.5 Å². The Balaban J connectivity index is 1.10. The van der Waals surface area contributed by atoms with Gasteiger partial charge in [0.15, 0.2) is 0 Å². The van der Waals surface area contributed by atoms with Crippen LogP contribution in [0.15, 0.2) is 261 Å². The van der Waals surface area contributed by atoms with E-state index in [2.05, 4.69) is 266 Å². The molecule has 0 atom stereocenters. The number of hydrogen-bond acceptors (Lipinski definition) is 1. The number of fused-ring (bicyclic) bond motifs is 19. The van der Waals surface area contributed by atoms with Gasteiger partial charge in [0, 0.05) is 16.6 Å². The molecule has 0 radical (unpaired) electrons. The Morgan fingerprint density at radius 1 is 0.246 bits per heavy atom. The number of nitrogens with zero attached hydrogens (tertiary/aromatic N) is 1. The van der Waals surface area contributed by atoms with Crippen molar-refractivity contribution in [2.24, 2.45) is 0 Å². The molecule has 15 rings (SSSR count). The first kappa shape index (κ1) is 38.3.